The monoisotopic (exact) mass is 239 g/mol. The minimum atomic E-state index is -0.175. The van der Waals surface area contributed by atoms with Gasteiger partial charge in [-0.25, -0.2) is 0 Å². The number of carbonyl (C=O) groups excluding carboxylic acids is 1. The van der Waals surface area contributed by atoms with Gasteiger partial charge in [-0.1, -0.05) is 5.92 Å². The molecule has 1 atom stereocenters. The maximum atomic E-state index is 11.9. The minimum absolute atomic E-state index is 0.114. The van der Waals surface area contributed by atoms with Crippen molar-refractivity contribution in [3.8, 4) is 12.3 Å². The highest BCUT2D eigenvalue weighted by Gasteiger charge is 2.22. The van der Waals surface area contributed by atoms with E-state index in [0.717, 1.165) is 26.2 Å². The lowest BCUT2D eigenvalue weighted by atomic mass is 10.2. The van der Waals surface area contributed by atoms with E-state index in [1.165, 1.54) is 0 Å². The van der Waals surface area contributed by atoms with Crippen LogP contribution in [0.1, 0.15) is 6.42 Å². The average Bonchev–Trinajstić information content (AvgIpc) is 2.37. The molecule has 1 unspecified atom stereocenters. The molecule has 0 saturated carbocycles. The molecule has 1 saturated heterocycles. The molecule has 1 amide bonds. The Bertz CT molecular complexity index is 276. The smallest absolute Gasteiger partial charge is 0.225 e. The van der Waals surface area contributed by atoms with Crippen LogP contribution >= 0.6 is 0 Å². The number of methoxy groups -OCH3 is 1. The Hall–Kier alpha value is -1.09. The largest absolute Gasteiger partial charge is 0.380 e. The van der Waals surface area contributed by atoms with Crippen LogP contribution in [-0.2, 0) is 9.53 Å². The van der Waals surface area contributed by atoms with Gasteiger partial charge in [0, 0.05) is 39.8 Å². The second-order valence-corrected chi connectivity index (χ2v) is 4.16. The van der Waals surface area contributed by atoms with Crippen LogP contribution in [0.5, 0.6) is 0 Å². The molecule has 0 aromatic heterocycles. The van der Waals surface area contributed by atoms with Gasteiger partial charge in [-0.05, 0) is 0 Å². The van der Waals surface area contributed by atoms with Gasteiger partial charge in [0.2, 0.25) is 5.91 Å². The van der Waals surface area contributed by atoms with Crippen LogP contribution in [0, 0.1) is 12.3 Å². The van der Waals surface area contributed by atoms with Crippen molar-refractivity contribution in [2.75, 3.05) is 46.4 Å². The summed E-state index contributed by atoms with van der Waals surface area (Å²) in [6.45, 7) is 4.19. The molecule has 1 heterocycles. The van der Waals surface area contributed by atoms with Crippen molar-refractivity contribution in [3.63, 3.8) is 0 Å². The lowest BCUT2D eigenvalue weighted by Crippen LogP contribution is -2.49. The highest BCUT2D eigenvalue weighted by Crippen LogP contribution is 2.06. The van der Waals surface area contributed by atoms with Crippen LogP contribution in [0.3, 0.4) is 0 Å². The van der Waals surface area contributed by atoms with E-state index >= 15 is 0 Å². The molecule has 0 aliphatic carbocycles. The van der Waals surface area contributed by atoms with Crippen molar-refractivity contribution in [3.05, 3.63) is 0 Å². The molecular formula is C12H21N3O2. The van der Waals surface area contributed by atoms with Gasteiger partial charge in [0.1, 0.15) is 0 Å². The molecule has 17 heavy (non-hydrogen) atoms. The van der Waals surface area contributed by atoms with Gasteiger partial charge in [-0.3, -0.25) is 9.69 Å². The van der Waals surface area contributed by atoms with Gasteiger partial charge in [0.05, 0.1) is 19.1 Å². The number of rotatable bonds is 5. The first kappa shape index (κ1) is 14.0. The standard InChI is InChI=1S/C12H21N3O2/c1-3-4-14-5-7-15(8-6-14)12(16)9-11(10-13)17-2/h1,11H,4-10,13H2,2H3. The van der Waals surface area contributed by atoms with E-state index in [0.29, 0.717) is 19.5 Å². The average molecular weight is 239 g/mol. The van der Waals surface area contributed by atoms with Crippen LogP contribution in [0.2, 0.25) is 0 Å². The lowest BCUT2D eigenvalue weighted by Gasteiger charge is -2.34. The van der Waals surface area contributed by atoms with Crippen molar-refractivity contribution in [1.29, 1.82) is 0 Å². The first-order valence-corrected chi connectivity index (χ1v) is 5.87. The zero-order valence-corrected chi connectivity index (χ0v) is 10.4. The van der Waals surface area contributed by atoms with Gasteiger partial charge in [-0.15, -0.1) is 6.42 Å². The zero-order valence-electron chi connectivity index (χ0n) is 10.4. The summed E-state index contributed by atoms with van der Waals surface area (Å²) in [6, 6.07) is 0. The second-order valence-electron chi connectivity index (χ2n) is 4.16. The van der Waals surface area contributed by atoms with E-state index in [1.807, 2.05) is 4.90 Å². The van der Waals surface area contributed by atoms with Crippen molar-refractivity contribution < 1.29 is 9.53 Å². The Balaban J connectivity index is 2.33. The Morgan fingerprint density at radius 2 is 2.12 bits per heavy atom. The van der Waals surface area contributed by atoms with Crippen LogP contribution in [-0.4, -0.2) is 68.2 Å². The van der Waals surface area contributed by atoms with Gasteiger partial charge in [-0.2, -0.15) is 0 Å². The van der Waals surface area contributed by atoms with Crippen molar-refractivity contribution in [1.82, 2.24) is 9.80 Å². The van der Waals surface area contributed by atoms with E-state index in [4.69, 9.17) is 16.9 Å². The topological polar surface area (TPSA) is 58.8 Å². The third-order valence-electron chi connectivity index (χ3n) is 3.04. The van der Waals surface area contributed by atoms with E-state index in [-0.39, 0.29) is 12.0 Å². The summed E-state index contributed by atoms with van der Waals surface area (Å²) in [5.41, 5.74) is 5.50. The van der Waals surface area contributed by atoms with Gasteiger partial charge in [0.25, 0.3) is 0 Å². The lowest BCUT2D eigenvalue weighted by molar-refractivity contribution is -0.135. The van der Waals surface area contributed by atoms with Gasteiger partial charge < -0.3 is 15.4 Å². The van der Waals surface area contributed by atoms with Crippen molar-refractivity contribution in [2.45, 2.75) is 12.5 Å². The summed E-state index contributed by atoms with van der Waals surface area (Å²) in [5.74, 6) is 2.73. The fraction of sp³-hybridized carbons (Fsp3) is 0.750. The third kappa shape index (κ3) is 4.35. The Kier molecular flexibility index (Phi) is 5.98. The number of terminal acetylenes is 1. The van der Waals surface area contributed by atoms with Gasteiger partial charge in [0.15, 0.2) is 0 Å². The maximum Gasteiger partial charge on any atom is 0.225 e. The molecule has 5 nitrogen and oxygen atoms in total. The van der Waals surface area contributed by atoms with Crippen LogP contribution < -0.4 is 5.73 Å². The predicted octanol–water partition coefficient (Wildman–Crippen LogP) is -0.872. The van der Waals surface area contributed by atoms with Crippen LogP contribution in [0.15, 0.2) is 0 Å². The summed E-state index contributed by atoms with van der Waals surface area (Å²) in [5, 5.41) is 0. The van der Waals surface area contributed by atoms with E-state index < -0.39 is 0 Å². The zero-order chi connectivity index (χ0) is 12.7. The maximum absolute atomic E-state index is 11.9. The van der Waals surface area contributed by atoms with Gasteiger partial charge >= 0.3 is 0 Å². The molecular weight excluding hydrogens is 218 g/mol. The fourth-order valence-corrected chi connectivity index (χ4v) is 1.87. The Labute approximate surface area is 103 Å². The number of ether oxygens (including phenoxy) is 1. The summed E-state index contributed by atoms with van der Waals surface area (Å²) < 4.78 is 5.11. The molecule has 0 spiro atoms. The minimum Gasteiger partial charge on any atom is -0.380 e. The molecule has 0 aromatic rings. The first-order valence-electron chi connectivity index (χ1n) is 5.87. The number of hydrogen-bond acceptors (Lipinski definition) is 4. The van der Waals surface area contributed by atoms with Crippen LogP contribution in [0.25, 0.3) is 0 Å². The first-order chi connectivity index (χ1) is 8.21. The molecule has 1 aliphatic heterocycles. The number of nitrogens with two attached hydrogens (primary N) is 1. The molecule has 1 rings (SSSR count). The molecule has 2 N–H and O–H groups in total. The molecule has 1 fully saturated rings. The number of carbonyl (C=O) groups is 1. The number of nitrogens with zero attached hydrogens (tertiary/aromatic N) is 2. The normalized spacial score (nSPS) is 18.8. The summed E-state index contributed by atoms with van der Waals surface area (Å²) in [7, 11) is 1.58. The highest BCUT2D eigenvalue weighted by molar-refractivity contribution is 5.76. The summed E-state index contributed by atoms with van der Waals surface area (Å²) in [4.78, 5) is 15.9. The van der Waals surface area contributed by atoms with Crippen LogP contribution in [0.4, 0.5) is 0 Å². The number of hydrogen-bond donors (Lipinski definition) is 1. The third-order valence-corrected chi connectivity index (χ3v) is 3.04. The Morgan fingerprint density at radius 1 is 1.47 bits per heavy atom. The van der Waals surface area contributed by atoms with Crippen molar-refractivity contribution >= 4 is 5.91 Å². The predicted molar refractivity (Wildman–Crippen MR) is 66.3 cm³/mol. The highest BCUT2D eigenvalue weighted by atomic mass is 16.5. The Morgan fingerprint density at radius 3 is 2.59 bits per heavy atom. The molecule has 5 heteroatoms. The van der Waals surface area contributed by atoms with E-state index in [2.05, 4.69) is 10.8 Å². The van der Waals surface area contributed by atoms with Crippen molar-refractivity contribution in [2.24, 2.45) is 5.73 Å². The van der Waals surface area contributed by atoms with E-state index in [9.17, 15) is 4.79 Å². The number of amides is 1. The fourth-order valence-electron chi connectivity index (χ4n) is 1.87. The number of piperazine rings is 1. The molecule has 1 aliphatic rings. The summed E-state index contributed by atoms with van der Waals surface area (Å²) >= 11 is 0. The summed E-state index contributed by atoms with van der Waals surface area (Å²) in [6.07, 6.45) is 5.44. The molecule has 96 valence electrons. The SMILES string of the molecule is C#CCN1CCN(C(=O)CC(CN)OC)CC1. The quantitative estimate of drug-likeness (QED) is 0.634. The second kappa shape index (κ2) is 7.28. The molecule has 0 radical (unpaired) electrons. The molecule has 0 bridgehead atoms. The molecule has 0 aromatic carbocycles. The van der Waals surface area contributed by atoms with E-state index in [1.54, 1.807) is 7.11 Å².